The molecule has 0 aromatic carbocycles. The molecule has 6 nitrogen and oxygen atoms in total. The van der Waals surface area contributed by atoms with Crippen LogP contribution in [0, 0.1) is 22.7 Å². The average molecular weight is 358 g/mol. The quantitative estimate of drug-likeness (QED) is 0.613. The first-order chi connectivity index (χ1) is 12.3. The molecule has 0 radical (unpaired) electrons. The van der Waals surface area contributed by atoms with Crippen LogP contribution in [0.4, 0.5) is 0 Å². The summed E-state index contributed by atoms with van der Waals surface area (Å²) >= 11 is 0. The summed E-state index contributed by atoms with van der Waals surface area (Å²) in [5, 5.41) is 11.2. The molecule has 2 aliphatic carbocycles. The monoisotopic (exact) mass is 358 g/mol. The minimum Gasteiger partial charge on any atom is -0.472 e. The van der Waals surface area contributed by atoms with Gasteiger partial charge in [-0.25, -0.2) is 4.79 Å². The summed E-state index contributed by atoms with van der Waals surface area (Å²) in [6.07, 6.45) is 7.52. The van der Waals surface area contributed by atoms with Crippen molar-refractivity contribution in [2.24, 2.45) is 22.7 Å². The van der Waals surface area contributed by atoms with E-state index in [0.717, 1.165) is 5.56 Å². The summed E-state index contributed by atoms with van der Waals surface area (Å²) in [5.74, 6) is -1.20. The van der Waals surface area contributed by atoms with E-state index in [2.05, 4.69) is 6.92 Å². The van der Waals surface area contributed by atoms with Gasteiger partial charge < -0.3 is 19.0 Å². The number of ether oxygens (including phenoxy) is 2. The van der Waals surface area contributed by atoms with Crippen LogP contribution in [0.25, 0.3) is 0 Å². The van der Waals surface area contributed by atoms with Crippen molar-refractivity contribution in [3.8, 4) is 0 Å². The first kappa shape index (κ1) is 16.1. The molecule has 4 heterocycles. The molecule has 3 aliphatic heterocycles. The molecule has 6 heteroatoms. The Morgan fingerprint density at radius 3 is 2.73 bits per heavy atom. The van der Waals surface area contributed by atoms with Gasteiger partial charge in [0.05, 0.1) is 18.4 Å². The number of hydrogen-bond acceptors (Lipinski definition) is 6. The maximum atomic E-state index is 12.8. The maximum absolute atomic E-state index is 12.8. The SMILES string of the molecule is CC12CC[C@@H]3C(=O)O[C@H](c4ccoc4)C[C@@]3(C)C1[C@H]1C=CC2(O)C(=O)O1. The molecule has 1 aromatic heterocycles. The van der Waals surface area contributed by atoms with Crippen LogP contribution < -0.4 is 0 Å². The Morgan fingerprint density at radius 2 is 2.04 bits per heavy atom. The second kappa shape index (κ2) is 4.80. The van der Waals surface area contributed by atoms with Crippen molar-refractivity contribution < 1.29 is 28.6 Å². The Kier molecular flexibility index (Phi) is 2.97. The van der Waals surface area contributed by atoms with Crippen LogP contribution in [-0.2, 0) is 19.1 Å². The lowest BCUT2D eigenvalue weighted by Crippen LogP contribution is -2.72. The van der Waals surface area contributed by atoms with E-state index >= 15 is 0 Å². The Bertz CT molecular complexity index is 812. The van der Waals surface area contributed by atoms with Crippen molar-refractivity contribution in [3.63, 3.8) is 0 Å². The van der Waals surface area contributed by atoms with Crippen molar-refractivity contribution in [2.75, 3.05) is 0 Å². The van der Waals surface area contributed by atoms with Crippen molar-refractivity contribution in [1.82, 2.24) is 0 Å². The summed E-state index contributed by atoms with van der Waals surface area (Å²) in [7, 11) is 0. The van der Waals surface area contributed by atoms with Gasteiger partial charge in [0.1, 0.15) is 12.2 Å². The van der Waals surface area contributed by atoms with Gasteiger partial charge in [-0.1, -0.05) is 13.8 Å². The Morgan fingerprint density at radius 1 is 1.23 bits per heavy atom. The summed E-state index contributed by atoms with van der Waals surface area (Å²) in [6.45, 7) is 4.04. The third-order valence-electron chi connectivity index (χ3n) is 7.51. The van der Waals surface area contributed by atoms with Gasteiger partial charge in [-0.2, -0.15) is 0 Å². The number of fused-ring (bicyclic) bond motifs is 2. The largest absolute Gasteiger partial charge is 0.472 e. The smallest absolute Gasteiger partial charge is 0.343 e. The van der Waals surface area contributed by atoms with Gasteiger partial charge >= 0.3 is 11.9 Å². The van der Waals surface area contributed by atoms with Crippen LogP contribution in [0.5, 0.6) is 0 Å². The van der Waals surface area contributed by atoms with E-state index in [1.807, 2.05) is 13.0 Å². The number of furan rings is 1. The van der Waals surface area contributed by atoms with Crippen LogP contribution in [0.3, 0.4) is 0 Å². The topological polar surface area (TPSA) is 86.0 Å². The third kappa shape index (κ3) is 1.71. The van der Waals surface area contributed by atoms with Crippen molar-refractivity contribution >= 4 is 11.9 Å². The van der Waals surface area contributed by atoms with Gasteiger partial charge in [0.15, 0.2) is 5.60 Å². The number of carbonyl (C=O) groups excluding carboxylic acids is 2. The molecule has 138 valence electrons. The Labute approximate surface area is 151 Å². The average Bonchev–Trinajstić information content (AvgIpc) is 3.10. The molecular formula is C20H22O6. The predicted octanol–water partition coefficient (Wildman–Crippen LogP) is 2.53. The van der Waals surface area contributed by atoms with E-state index in [1.165, 1.54) is 0 Å². The molecule has 3 unspecified atom stereocenters. The number of esters is 2. The molecule has 5 aliphatic rings. The highest BCUT2D eigenvalue weighted by Crippen LogP contribution is 2.67. The zero-order valence-electron chi connectivity index (χ0n) is 14.8. The van der Waals surface area contributed by atoms with E-state index in [-0.39, 0.29) is 23.9 Å². The standard InChI is InChI=1S/C20H22O6/c1-18-9-14(11-5-8-24-10-11)25-16(21)12(18)3-6-19(2)15(18)13-4-7-20(19,23)17(22)26-13/h4-5,7-8,10,12-15,23H,3,6,9H2,1-2H3/t12-,13-,14+,15?,18-,19?,20?/m1/s1. The van der Waals surface area contributed by atoms with Crippen molar-refractivity contribution in [2.45, 2.75) is 50.9 Å². The number of carbonyl (C=O) groups is 2. The summed E-state index contributed by atoms with van der Waals surface area (Å²) in [4.78, 5) is 25.2. The maximum Gasteiger partial charge on any atom is 0.343 e. The van der Waals surface area contributed by atoms with Gasteiger partial charge in [-0.3, -0.25) is 4.79 Å². The molecule has 1 saturated carbocycles. The molecule has 0 amide bonds. The first-order valence-corrected chi connectivity index (χ1v) is 9.15. The van der Waals surface area contributed by atoms with Gasteiger partial charge in [0, 0.05) is 16.9 Å². The van der Waals surface area contributed by atoms with Crippen LogP contribution >= 0.6 is 0 Å². The summed E-state index contributed by atoms with van der Waals surface area (Å²) in [5.41, 5.74) is -1.91. The number of cyclic esters (lactones) is 1. The first-order valence-electron chi connectivity index (χ1n) is 9.15. The molecule has 7 atom stereocenters. The predicted molar refractivity (Wildman–Crippen MR) is 88.6 cm³/mol. The molecule has 1 aromatic rings. The highest BCUT2D eigenvalue weighted by atomic mass is 16.6. The lowest BCUT2D eigenvalue weighted by molar-refractivity contribution is -0.259. The zero-order chi connectivity index (χ0) is 18.3. The van der Waals surface area contributed by atoms with Crippen molar-refractivity contribution in [3.05, 3.63) is 36.3 Å². The van der Waals surface area contributed by atoms with Crippen LogP contribution in [0.2, 0.25) is 0 Å². The van der Waals surface area contributed by atoms with E-state index in [0.29, 0.717) is 19.3 Å². The molecule has 3 fully saturated rings. The third-order valence-corrected chi connectivity index (χ3v) is 7.51. The normalized spacial score (nSPS) is 49.2. The molecule has 2 bridgehead atoms. The minimum atomic E-state index is -1.63. The lowest BCUT2D eigenvalue weighted by atomic mass is 9.42. The number of aliphatic hydroxyl groups is 1. The van der Waals surface area contributed by atoms with Crippen LogP contribution in [-0.4, -0.2) is 28.8 Å². The summed E-state index contributed by atoms with van der Waals surface area (Å²) in [6, 6.07) is 1.81. The van der Waals surface area contributed by atoms with Gasteiger partial charge in [-0.15, -0.1) is 0 Å². The fourth-order valence-corrected chi connectivity index (χ4v) is 6.16. The zero-order valence-corrected chi connectivity index (χ0v) is 14.8. The highest BCUT2D eigenvalue weighted by Gasteiger charge is 2.72. The second-order valence-corrected chi connectivity index (χ2v) is 8.67. The van der Waals surface area contributed by atoms with Gasteiger partial charge in [0.2, 0.25) is 0 Å². The van der Waals surface area contributed by atoms with Gasteiger partial charge in [0.25, 0.3) is 0 Å². The summed E-state index contributed by atoms with van der Waals surface area (Å²) < 4.78 is 16.4. The van der Waals surface area contributed by atoms with E-state index in [4.69, 9.17) is 13.9 Å². The molecule has 0 spiro atoms. The lowest BCUT2D eigenvalue weighted by Gasteiger charge is -2.65. The second-order valence-electron chi connectivity index (χ2n) is 8.67. The van der Waals surface area contributed by atoms with E-state index in [1.54, 1.807) is 24.7 Å². The Hall–Kier alpha value is -2.08. The minimum absolute atomic E-state index is 0.149. The fourth-order valence-electron chi connectivity index (χ4n) is 6.16. The fraction of sp³-hybridized carbons (Fsp3) is 0.600. The molecule has 6 rings (SSSR count). The van der Waals surface area contributed by atoms with Crippen LogP contribution in [0.1, 0.15) is 44.8 Å². The van der Waals surface area contributed by atoms with Gasteiger partial charge in [-0.05, 0) is 42.9 Å². The molecule has 2 saturated heterocycles. The van der Waals surface area contributed by atoms with E-state index < -0.39 is 28.5 Å². The number of hydrogen-bond donors (Lipinski definition) is 1. The highest BCUT2D eigenvalue weighted by molar-refractivity contribution is 5.86. The molecular weight excluding hydrogens is 336 g/mol. The number of rotatable bonds is 1. The Balaban J connectivity index is 1.61. The van der Waals surface area contributed by atoms with Crippen molar-refractivity contribution in [1.29, 1.82) is 0 Å². The van der Waals surface area contributed by atoms with Crippen LogP contribution in [0.15, 0.2) is 35.2 Å². The molecule has 26 heavy (non-hydrogen) atoms. The van der Waals surface area contributed by atoms with E-state index in [9.17, 15) is 14.7 Å². The molecule has 1 N–H and O–H groups in total.